The molecule has 19 nitrogen and oxygen atoms in total. The molecule has 4 aromatic rings. The molecule has 6 rings (SSSR count). The standard InChI is InChI=1S/C30H44N11O8P/c1-16(2)44-11-21-20(10-24(47-21)41-15-37-26-27(32)34-13-35-29(26)41)49-50(43,38-30(42)39(5)6)45-12-22-19(46-17(3)4)9-23(48-22)40-14-36-25-18(31)7-8-33-28(25)40/h7-8,13-17,19-24H,9-12H2,1-6H3,(H2,31,33)(H2,32,34,35)(H,38,42,43)/t19-,20-,21-,22-,23?,24?,50?/m1/s1. The maximum absolute atomic E-state index is 14.5. The molecule has 2 aliphatic heterocycles. The lowest BCUT2D eigenvalue weighted by Gasteiger charge is -2.28. The number of amides is 2. The molecule has 2 amide bonds. The van der Waals surface area contributed by atoms with E-state index in [1.807, 2.05) is 27.7 Å². The minimum atomic E-state index is -4.39. The van der Waals surface area contributed by atoms with Crippen molar-refractivity contribution < 1.29 is 37.4 Å². The second-order valence-corrected chi connectivity index (χ2v) is 14.6. The number of rotatable bonds is 13. The molecular weight excluding hydrogens is 673 g/mol. The summed E-state index contributed by atoms with van der Waals surface area (Å²) in [5.41, 5.74) is 14.6. The van der Waals surface area contributed by atoms with Crippen molar-refractivity contribution in [3.8, 4) is 0 Å². The van der Waals surface area contributed by atoms with Crippen LogP contribution in [0.4, 0.5) is 16.3 Å². The molecule has 5 N–H and O–H groups in total. The smallest absolute Gasteiger partial charge is 0.397 e. The first-order valence-electron chi connectivity index (χ1n) is 16.3. The number of pyridine rings is 1. The Labute approximate surface area is 288 Å². The van der Waals surface area contributed by atoms with Crippen LogP contribution in [0.25, 0.3) is 22.3 Å². The highest BCUT2D eigenvalue weighted by molar-refractivity contribution is 7.52. The molecule has 0 radical (unpaired) electrons. The zero-order valence-corrected chi connectivity index (χ0v) is 29.7. The second kappa shape index (κ2) is 14.7. The van der Waals surface area contributed by atoms with E-state index in [4.69, 9.17) is 39.5 Å². The zero-order valence-electron chi connectivity index (χ0n) is 28.8. The number of nitrogens with zero attached hydrogens (tertiary/aromatic N) is 8. The molecule has 20 heteroatoms. The molecule has 0 spiro atoms. The first kappa shape index (κ1) is 35.8. The third kappa shape index (κ3) is 7.68. The van der Waals surface area contributed by atoms with Crippen LogP contribution in [0.1, 0.15) is 53.0 Å². The Hall–Kier alpha value is -3.97. The van der Waals surface area contributed by atoms with Gasteiger partial charge in [-0.1, -0.05) is 0 Å². The van der Waals surface area contributed by atoms with Crippen LogP contribution in [0, 0.1) is 0 Å². The largest absolute Gasteiger partial charge is 0.436 e. The number of urea groups is 1. The van der Waals surface area contributed by atoms with E-state index in [-0.39, 0.29) is 37.7 Å². The van der Waals surface area contributed by atoms with Gasteiger partial charge < -0.3 is 35.3 Å². The molecule has 2 aliphatic rings. The predicted molar refractivity (Wildman–Crippen MR) is 180 cm³/mol. The Kier molecular flexibility index (Phi) is 10.5. The lowest BCUT2D eigenvalue weighted by atomic mass is 10.2. The van der Waals surface area contributed by atoms with E-state index in [0.717, 1.165) is 0 Å². The zero-order chi connectivity index (χ0) is 35.7. The van der Waals surface area contributed by atoms with Crippen LogP contribution in [0.3, 0.4) is 0 Å². The lowest BCUT2D eigenvalue weighted by Crippen LogP contribution is -2.38. The van der Waals surface area contributed by atoms with Crippen molar-refractivity contribution in [1.29, 1.82) is 0 Å². The van der Waals surface area contributed by atoms with E-state index in [1.165, 1.54) is 25.3 Å². The third-order valence-corrected chi connectivity index (χ3v) is 9.73. The fourth-order valence-corrected chi connectivity index (χ4v) is 7.37. The van der Waals surface area contributed by atoms with Gasteiger partial charge in [0, 0.05) is 33.1 Å². The SMILES string of the molecule is CC(C)OC[C@H]1OC(n2cnc3c(N)ncnc32)C[C@H]1OP(=O)(NC(=O)N(C)C)OC[C@H]1OC(n2cnc3c(N)ccnc32)C[C@H]1OC(C)C. The van der Waals surface area contributed by atoms with Crippen LogP contribution in [0.5, 0.6) is 0 Å². The number of anilines is 2. The average Bonchev–Trinajstić information content (AvgIpc) is 3.84. The Morgan fingerprint density at radius 2 is 1.58 bits per heavy atom. The van der Waals surface area contributed by atoms with Gasteiger partial charge in [0.1, 0.15) is 48.1 Å². The second-order valence-electron chi connectivity index (χ2n) is 12.9. The Morgan fingerprint density at radius 1 is 0.940 bits per heavy atom. The summed E-state index contributed by atoms with van der Waals surface area (Å²) in [6, 6.07) is 0.995. The minimum absolute atomic E-state index is 0.110. The van der Waals surface area contributed by atoms with Gasteiger partial charge in [-0.2, -0.15) is 0 Å². The van der Waals surface area contributed by atoms with E-state index >= 15 is 0 Å². The van der Waals surface area contributed by atoms with Crippen molar-refractivity contribution in [1.82, 2.24) is 44.0 Å². The van der Waals surface area contributed by atoms with Crippen LogP contribution < -0.4 is 16.6 Å². The molecule has 6 heterocycles. The molecule has 7 atom stereocenters. The van der Waals surface area contributed by atoms with Crippen molar-refractivity contribution in [3.05, 3.63) is 31.2 Å². The van der Waals surface area contributed by atoms with Gasteiger partial charge in [-0.25, -0.2) is 39.4 Å². The van der Waals surface area contributed by atoms with Crippen molar-refractivity contribution >= 4 is 47.6 Å². The number of carbonyl (C=O) groups is 1. The summed E-state index contributed by atoms with van der Waals surface area (Å²) in [4.78, 5) is 35.7. The number of hydrogen-bond acceptors (Lipinski definition) is 15. The number of nitrogen functional groups attached to an aromatic ring is 2. The van der Waals surface area contributed by atoms with Crippen molar-refractivity contribution in [2.45, 2.75) is 89.6 Å². The molecule has 3 unspecified atom stereocenters. The molecule has 2 saturated heterocycles. The number of nitrogens with two attached hydrogens (primary N) is 2. The molecule has 0 bridgehead atoms. The van der Waals surface area contributed by atoms with Crippen molar-refractivity contribution in [2.24, 2.45) is 0 Å². The van der Waals surface area contributed by atoms with Crippen LogP contribution in [0.2, 0.25) is 0 Å². The average molecular weight is 718 g/mol. The van der Waals surface area contributed by atoms with Gasteiger partial charge in [0.15, 0.2) is 17.1 Å². The van der Waals surface area contributed by atoms with Gasteiger partial charge in [0.05, 0.1) is 49.9 Å². The van der Waals surface area contributed by atoms with Crippen LogP contribution in [-0.4, -0.2) is 109 Å². The highest BCUT2D eigenvalue weighted by atomic mass is 31.2. The summed E-state index contributed by atoms with van der Waals surface area (Å²) in [5.74, 6) is 0.223. The number of ether oxygens (including phenoxy) is 4. The maximum atomic E-state index is 14.5. The number of imidazole rings is 2. The van der Waals surface area contributed by atoms with Gasteiger partial charge in [0.2, 0.25) is 0 Å². The summed E-state index contributed by atoms with van der Waals surface area (Å²) >= 11 is 0. The third-order valence-electron chi connectivity index (χ3n) is 8.22. The monoisotopic (exact) mass is 717 g/mol. The summed E-state index contributed by atoms with van der Waals surface area (Å²) in [5, 5.41) is 2.45. The highest BCUT2D eigenvalue weighted by Crippen LogP contribution is 2.50. The van der Waals surface area contributed by atoms with Gasteiger partial charge in [-0.15, -0.1) is 0 Å². The topological polar surface area (TPSA) is 231 Å². The normalized spacial score (nSPS) is 25.2. The molecule has 4 aromatic heterocycles. The van der Waals surface area contributed by atoms with Crippen molar-refractivity contribution in [2.75, 3.05) is 38.8 Å². The van der Waals surface area contributed by atoms with Gasteiger partial charge in [-0.3, -0.25) is 18.2 Å². The number of aromatic nitrogens is 7. The van der Waals surface area contributed by atoms with Gasteiger partial charge in [0.25, 0.3) is 0 Å². The Bertz CT molecular complexity index is 1850. The summed E-state index contributed by atoms with van der Waals surface area (Å²) in [6.45, 7) is 7.46. The molecule has 0 saturated carbocycles. The molecular formula is C30H44N11O8P. The van der Waals surface area contributed by atoms with Crippen LogP contribution in [-0.2, 0) is 32.6 Å². The minimum Gasteiger partial charge on any atom is -0.397 e. The van der Waals surface area contributed by atoms with E-state index in [2.05, 4.69) is 30.0 Å². The van der Waals surface area contributed by atoms with E-state index < -0.39 is 50.6 Å². The molecule has 272 valence electrons. The first-order chi connectivity index (χ1) is 23.8. The molecule has 0 aliphatic carbocycles. The maximum Gasteiger partial charge on any atom is 0.436 e. The fraction of sp³-hybridized carbons (Fsp3) is 0.600. The Morgan fingerprint density at radius 3 is 2.24 bits per heavy atom. The summed E-state index contributed by atoms with van der Waals surface area (Å²) in [6.07, 6.45) is 2.53. The van der Waals surface area contributed by atoms with Crippen LogP contribution in [0.15, 0.2) is 31.2 Å². The highest BCUT2D eigenvalue weighted by Gasteiger charge is 2.46. The van der Waals surface area contributed by atoms with Gasteiger partial charge >= 0.3 is 13.8 Å². The number of fused-ring (bicyclic) bond motifs is 2. The molecule has 2 fully saturated rings. The fourth-order valence-electron chi connectivity index (χ4n) is 5.83. The Balaban J connectivity index is 1.24. The predicted octanol–water partition coefficient (Wildman–Crippen LogP) is 3.01. The quantitative estimate of drug-likeness (QED) is 0.169. The summed E-state index contributed by atoms with van der Waals surface area (Å²) in [7, 11) is -1.37. The molecule has 50 heavy (non-hydrogen) atoms. The van der Waals surface area contributed by atoms with E-state index in [0.29, 0.717) is 34.4 Å². The van der Waals surface area contributed by atoms with E-state index in [9.17, 15) is 9.36 Å². The number of nitrogens with one attached hydrogen (secondary N) is 1. The molecule has 0 aromatic carbocycles. The first-order valence-corrected chi connectivity index (χ1v) is 17.9. The van der Waals surface area contributed by atoms with Crippen LogP contribution >= 0.6 is 7.75 Å². The van der Waals surface area contributed by atoms with Gasteiger partial charge in [-0.05, 0) is 33.8 Å². The summed E-state index contributed by atoms with van der Waals surface area (Å²) < 4.78 is 55.1. The number of carbonyl (C=O) groups excluding carboxylic acids is 1. The van der Waals surface area contributed by atoms with Crippen molar-refractivity contribution in [3.63, 3.8) is 0 Å². The lowest BCUT2D eigenvalue weighted by molar-refractivity contribution is -0.0787. The van der Waals surface area contributed by atoms with E-state index in [1.54, 1.807) is 34.1 Å². The number of hydrogen-bond donors (Lipinski definition) is 3.